The van der Waals surface area contributed by atoms with Crippen LogP contribution in [0.15, 0.2) is 18.2 Å². The average Bonchev–Trinajstić information content (AvgIpc) is 2.75. The molecule has 0 amide bonds. The highest BCUT2D eigenvalue weighted by Crippen LogP contribution is 2.22. The highest BCUT2D eigenvalue weighted by molar-refractivity contribution is 5.77. The van der Waals surface area contributed by atoms with Gasteiger partial charge in [-0.1, -0.05) is 0 Å². The topological polar surface area (TPSA) is 56.3 Å². The zero-order valence-corrected chi connectivity index (χ0v) is 12.6. The van der Waals surface area contributed by atoms with Gasteiger partial charge < -0.3 is 19.9 Å². The van der Waals surface area contributed by atoms with E-state index < -0.39 is 0 Å². The van der Waals surface area contributed by atoms with Gasteiger partial charge >= 0.3 is 0 Å². The highest BCUT2D eigenvalue weighted by Gasteiger charge is 2.11. The molecule has 5 nitrogen and oxygen atoms in total. The van der Waals surface area contributed by atoms with E-state index in [0.29, 0.717) is 0 Å². The number of unbranched alkanes of at least 4 members (excludes halogenated alkanes) is 1. The maximum absolute atomic E-state index is 5.59. The Labute approximate surface area is 120 Å². The molecule has 0 aliphatic rings. The molecular weight excluding hydrogens is 252 g/mol. The first kappa shape index (κ1) is 14.8. The molecule has 0 aliphatic carbocycles. The Kier molecular flexibility index (Phi) is 4.98. The fourth-order valence-electron chi connectivity index (χ4n) is 2.35. The fraction of sp³-hybridized carbons (Fsp3) is 0.533. The molecule has 0 saturated carbocycles. The summed E-state index contributed by atoms with van der Waals surface area (Å²) in [6, 6.07) is 6.07. The lowest BCUT2D eigenvalue weighted by Gasteiger charge is -2.12. The van der Waals surface area contributed by atoms with E-state index >= 15 is 0 Å². The van der Waals surface area contributed by atoms with E-state index in [4.69, 9.17) is 15.5 Å². The third-order valence-electron chi connectivity index (χ3n) is 3.33. The zero-order chi connectivity index (χ0) is 14.5. The number of nitrogens with zero attached hydrogens (tertiary/aromatic N) is 3. The van der Waals surface area contributed by atoms with Gasteiger partial charge in [0.05, 0.1) is 24.7 Å². The number of fused-ring (bicyclic) bond motifs is 1. The van der Waals surface area contributed by atoms with E-state index in [0.717, 1.165) is 49.6 Å². The summed E-state index contributed by atoms with van der Waals surface area (Å²) in [4.78, 5) is 6.89. The van der Waals surface area contributed by atoms with Crippen molar-refractivity contribution >= 4 is 11.0 Å². The van der Waals surface area contributed by atoms with Crippen LogP contribution in [0.3, 0.4) is 0 Å². The first-order chi connectivity index (χ1) is 9.65. The van der Waals surface area contributed by atoms with Crippen LogP contribution < -0.4 is 10.5 Å². The van der Waals surface area contributed by atoms with Gasteiger partial charge in [0, 0.05) is 12.6 Å². The summed E-state index contributed by atoms with van der Waals surface area (Å²) in [5.41, 5.74) is 7.75. The van der Waals surface area contributed by atoms with Gasteiger partial charge in [0.15, 0.2) is 0 Å². The van der Waals surface area contributed by atoms with Gasteiger partial charge in [-0.05, 0) is 45.6 Å². The van der Waals surface area contributed by atoms with Crippen LogP contribution in [0.2, 0.25) is 0 Å². The minimum Gasteiger partial charge on any atom is -0.497 e. The molecule has 0 radical (unpaired) electrons. The second-order valence-electron chi connectivity index (χ2n) is 5.27. The summed E-state index contributed by atoms with van der Waals surface area (Å²) in [5, 5.41) is 0. The SMILES string of the molecule is COc1ccc2c(c1)nc(CN(C)C)n2CCCCN. The summed E-state index contributed by atoms with van der Waals surface area (Å²) in [7, 11) is 5.80. The summed E-state index contributed by atoms with van der Waals surface area (Å²) in [6.45, 7) is 2.53. The van der Waals surface area contributed by atoms with Crippen molar-refractivity contribution in [3.63, 3.8) is 0 Å². The van der Waals surface area contributed by atoms with Crippen LogP contribution in [-0.2, 0) is 13.1 Å². The van der Waals surface area contributed by atoms with E-state index in [1.165, 1.54) is 5.52 Å². The number of nitrogens with two attached hydrogens (primary N) is 1. The van der Waals surface area contributed by atoms with Gasteiger partial charge in [0.1, 0.15) is 11.6 Å². The maximum Gasteiger partial charge on any atom is 0.124 e. The van der Waals surface area contributed by atoms with Crippen molar-refractivity contribution in [1.82, 2.24) is 14.5 Å². The van der Waals surface area contributed by atoms with Crippen molar-refractivity contribution in [1.29, 1.82) is 0 Å². The lowest BCUT2D eigenvalue weighted by Crippen LogP contribution is -2.16. The van der Waals surface area contributed by atoms with Crippen molar-refractivity contribution in [2.75, 3.05) is 27.7 Å². The first-order valence-electron chi connectivity index (χ1n) is 7.03. The van der Waals surface area contributed by atoms with Gasteiger partial charge in [-0.15, -0.1) is 0 Å². The highest BCUT2D eigenvalue weighted by atomic mass is 16.5. The van der Waals surface area contributed by atoms with Crippen LogP contribution in [-0.4, -0.2) is 42.2 Å². The first-order valence-corrected chi connectivity index (χ1v) is 7.03. The van der Waals surface area contributed by atoms with Crippen LogP contribution in [0.4, 0.5) is 0 Å². The minimum absolute atomic E-state index is 0.740. The fourth-order valence-corrected chi connectivity index (χ4v) is 2.35. The zero-order valence-electron chi connectivity index (χ0n) is 12.6. The molecule has 110 valence electrons. The molecule has 0 spiro atoms. The smallest absolute Gasteiger partial charge is 0.124 e. The molecule has 1 aromatic heterocycles. The van der Waals surface area contributed by atoms with E-state index in [1.54, 1.807) is 7.11 Å². The Hall–Kier alpha value is -1.59. The number of benzene rings is 1. The Bertz CT molecular complexity index is 562. The summed E-state index contributed by atoms with van der Waals surface area (Å²) < 4.78 is 7.57. The molecule has 0 atom stereocenters. The second kappa shape index (κ2) is 6.72. The number of aryl methyl sites for hydroxylation is 1. The van der Waals surface area contributed by atoms with E-state index in [2.05, 4.69) is 29.6 Å². The molecule has 2 rings (SSSR count). The average molecular weight is 276 g/mol. The number of hydrogen-bond acceptors (Lipinski definition) is 4. The van der Waals surface area contributed by atoms with E-state index in [1.807, 2.05) is 12.1 Å². The quantitative estimate of drug-likeness (QED) is 0.784. The lowest BCUT2D eigenvalue weighted by atomic mass is 10.2. The molecular formula is C15H24N4O. The van der Waals surface area contributed by atoms with Crippen molar-refractivity contribution in [2.45, 2.75) is 25.9 Å². The predicted octanol–water partition coefficient (Wildman–Crippen LogP) is 1.85. The third kappa shape index (κ3) is 3.29. The van der Waals surface area contributed by atoms with Crippen molar-refractivity contribution < 1.29 is 4.74 Å². The molecule has 0 fully saturated rings. The largest absolute Gasteiger partial charge is 0.497 e. The molecule has 5 heteroatoms. The lowest BCUT2D eigenvalue weighted by molar-refractivity contribution is 0.380. The van der Waals surface area contributed by atoms with E-state index in [-0.39, 0.29) is 0 Å². The van der Waals surface area contributed by atoms with Crippen molar-refractivity contribution in [3.8, 4) is 5.75 Å². The Morgan fingerprint density at radius 2 is 2.10 bits per heavy atom. The maximum atomic E-state index is 5.59. The molecule has 20 heavy (non-hydrogen) atoms. The number of imidazole rings is 1. The Morgan fingerprint density at radius 3 is 2.75 bits per heavy atom. The van der Waals surface area contributed by atoms with Gasteiger partial charge in [-0.3, -0.25) is 0 Å². The third-order valence-corrected chi connectivity index (χ3v) is 3.33. The minimum atomic E-state index is 0.740. The Balaban J connectivity index is 2.37. The monoisotopic (exact) mass is 276 g/mol. The molecule has 0 saturated heterocycles. The van der Waals surface area contributed by atoms with Gasteiger partial charge in [-0.2, -0.15) is 0 Å². The molecule has 2 aromatic rings. The molecule has 0 aliphatic heterocycles. The van der Waals surface area contributed by atoms with E-state index in [9.17, 15) is 0 Å². The van der Waals surface area contributed by atoms with Crippen molar-refractivity contribution in [3.05, 3.63) is 24.0 Å². The summed E-state index contributed by atoms with van der Waals surface area (Å²) in [6.07, 6.45) is 2.12. The van der Waals surface area contributed by atoms with Crippen LogP contribution in [0.5, 0.6) is 5.75 Å². The van der Waals surface area contributed by atoms with Crippen LogP contribution >= 0.6 is 0 Å². The van der Waals surface area contributed by atoms with Gasteiger partial charge in [-0.25, -0.2) is 4.98 Å². The normalized spacial score (nSPS) is 11.4. The number of hydrogen-bond donors (Lipinski definition) is 1. The molecule has 2 N–H and O–H groups in total. The molecule has 1 aromatic carbocycles. The molecule has 0 bridgehead atoms. The van der Waals surface area contributed by atoms with Gasteiger partial charge in [0.25, 0.3) is 0 Å². The van der Waals surface area contributed by atoms with Crippen LogP contribution in [0.1, 0.15) is 18.7 Å². The number of ether oxygens (including phenoxy) is 1. The summed E-state index contributed by atoms with van der Waals surface area (Å²) in [5.74, 6) is 1.94. The molecule has 0 unspecified atom stereocenters. The second-order valence-corrected chi connectivity index (χ2v) is 5.27. The molecule has 1 heterocycles. The van der Waals surface area contributed by atoms with Crippen molar-refractivity contribution in [2.24, 2.45) is 5.73 Å². The number of aromatic nitrogens is 2. The van der Waals surface area contributed by atoms with Gasteiger partial charge in [0.2, 0.25) is 0 Å². The van der Waals surface area contributed by atoms with Crippen LogP contribution in [0.25, 0.3) is 11.0 Å². The predicted molar refractivity (Wildman–Crippen MR) is 82.0 cm³/mol. The standard InChI is InChI=1S/C15H24N4O/c1-18(2)11-15-17-13-10-12(20-3)6-7-14(13)19(15)9-5-4-8-16/h6-7,10H,4-5,8-9,11,16H2,1-3H3. The summed E-state index contributed by atoms with van der Waals surface area (Å²) >= 11 is 0. The number of methoxy groups -OCH3 is 1. The van der Waals surface area contributed by atoms with Crippen LogP contribution in [0, 0.1) is 0 Å². The number of rotatable bonds is 7. The Morgan fingerprint density at radius 1 is 1.30 bits per heavy atom.